The number of benzene rings is 2. The van der Waals surface area contributed by atoms with E-state index in [2.05, 4.69) is 75.3 Å². The van der Waals surface area contributed by atoms with E-state index >= 15 is 0 Å². The van der Waals surface area contributed by atoms with Crippen molar-refractivity contribution in [2.75, 3.05) is 45.1 Å². The van der Waals surface area contributed by atoms with Crippen LogP contribution in [0.1, 0.15) is 133 Å². The number of nitrogens with zero attached hydrogens (tertiary/aromatic N) is 16. The summed E-state index contributed by atoms with van der Waals surface area (Å²) in [5.41, 5.74) is 24.3. The minimum atomic E-state index is -4.71. The van der Waals surface area contributed by atoms with E-state index < -0.39 is 29.5 Å². The van der Waals surface area contributed by atoms with Gasteiger partial charge in [-0.25, -0.2) is 29.5 Å². The average molecular weight is 1560 g/mol. The Balaban J connectivity index is 0.000000666. The van der Waals surface area contributed by atoms with Gasteiger partial charge in [-0.2, -0.15) is 0 Å². The summed E-state index contributed by atoms with van der Waals surface area (Å²) < 4.78 is 107. The van der Waals surface area contributed by atoms with Crippen molar-refractivity contribution < 1.29 is 108 Å². The number of nitrogen functional groups attached to an aromatic ring is 1. The van der Waals surface area contributed by atoms with E-state index in [0.717, 1.165) is 48.4 Å². The number of esters is 2. The second-order valence-electron chi connectivity index (χ2n) is 21.3. The number of alkyl halides is 7. The molecule has 0 bridgehead atoms. The predicted molar refractivity (Wildman–Crippen MR) is 372 cm³/mol. The Bertz CT molecular complexity index is 4180. The van der Waals surface area contributed by atoms with Crippen LogP contribution < -0.4 is 45.5 Å². The number of imidazole rings is 3. The molecule has 2 aliphatic rings. The molecular weight excluding hydrogens is 1480 g/mol. The number of hydrogen-bond donors (Lipinski definition) is 5. The zero-order valence-electron chi connectivity index (χ0n) is 59.6. The normalized spacial score (nSPS) is 12.6. The van der Waals surface area contributed by atoms with Crippen molar-refractivity contribution in [3.63, 3.8) is 0 Å². The molecule has 2 aromatic carbocycles. The van der Waals surface area contributed by atoms with Crippen LogP contribution >= 0.6 is 15.9 Å². The number of ether oxygens (including phenoxy) is 6. The first-order chi connectivity index (χ1) is 49.8. The Kier molecular flexibility index (Phi) is 43.6. The number of Topliss-reactive ketones (excluding diaryl/α,β-unsaturated/α-hetero) is 1. The van der Waals surface area contributed by atoms with Crippen LogP contribution in [0.15, 0.2) is 123 Å². The molecule has 41 heteroatoms. The monoisotopic (exact) mass is 1560 g/mol. The molecular formula is C66H82BrF6LiN20O13. The standard InChI is InChI=1S/C22H23F3N4O3.C13H16F3NO2.C11H13N3O2.C9H9N3O2.C7H11BrO3.C4H5N3.Li.HN3.N2.H3N.H2O/c1-2-18-20(29-12-9-26-13-19(29)27-18)21(30)28-10-7-16(8-11-28)31-14-15-3-5-17(6-4-15)32-22(23,24)25;14-13(15,16)19-12-3-1-10(2-4-12)9-18-11-5-7-17-8-6-11;1-3-8-10(11(15)16-4-2)14-6-5-12-7-9(14)13-8;1-2-6-8(9(13)14)12-4-3-10-5-7(12)11-6;1-3-5(9)6(8)7(10)11-4-2;5-4-3-6-1-2-7-4;;1-3-2;1-2;;/h3-6,9,12-13,16H,2,7-8,10-11,14H2,1H3;1-4,11,17H,5-9H2;5-7H,3-4H2,1-2H3;3-5H,2H2,1H3,(H,13,14);6H,3-4H2,1-2H3;1-3H,(H2,5,7);;1H;;1H3;1H2/q;;;;;;+1;;;;/p-1. The number of carbonyl (C=O) groups is 5. The molecule has 9 aromatic rings. The number of fused-ring (bicyclic) bond motifs is 3. The van der Waals surface area contributed by atoms with Gasteiger partial charge in [0.1, 0.15) is 23.0 Å². The van der Waals surface area contributed by atoms with E-state index in [1.54, 1.807) is 127 Å². The van der Waals surface area contributed by atoms with Crippen molar-refractivity contribution in [1.82, 2.24) is 69.4 Å². The Hall–Kier alpha value is -10.5. The molecule has 7 aromatic heterocycles. The molecule has 1 atom stereocenters. The van der Waals surface area contributed by atoms with Crippen molar-refractivity contribution >= 4 is 68.3 Å². The van der Waals surface area contributed by atoms with Gasteiger partial charge in [-0.3, -0.25) is 47.5 Å². The van der Waals surface area contributed by atoms with Gasteiger partial charge in [0, 0.05) is 79.9 Å². The predicted octanol–water partition coefficient (Wildman–Crippen LogP) is 8.57. The van der Waals surface area contributed by atoms with E-state index in [-0.39, 0.29) is 84.2 Å². The maximum absolute atomic E-state index is 13.2. The first kappa shape index (κ1) is 94.5. The van der Waals surface area contributed by atoms with Crippen LogP contribution in [0, 0.1) is 16.3 Å². The van der Waals surface area contributed by atoms with Crippen LogP contribution in [-0.2, 0) is 61.0 Å². The number of carbonyl (C=O) groups excluding carboxylic acids is 4. The number of nitrogens with one attached hydrogen (secondary N) is 2. The molecule has 9 heterocycles. The second kappa shape index (κ2) is 49.3. The van der Waals surface area contributed by atoms with Crippen LogP contribution in [0.2, 0.25) is 0 Å². The largest absolute Gasteiger partial charge is 1.00 e. The summed E-state index contributed by atoms with van der Waals surface area (Å²) in [4.78, 5) is 92.8. The molecule has 2 saturated heterocycles. The molecule has 574 valence electrons. The van der Waals surface area contributed by atoms with Crippen molar-refractivity contribution in [3.8, 4) is 11.5 Å². The third-order valence-electron chi connectivity index (χ3n) is 14.4. The number of nitrogens with two attached hydrogens (primary N) is 1. The Labute approximate surface area is 630 Å². The molecule has 0 radical (unpaired) electrons. The number of amides is 1. The van der Waals surface area contributed by atoms with Gasteiger partial charge in [0.25, 0.3) is 5.91 Å². The van der Waals surface area contributed by atoms with Crippen LogP contribution in [0.4, 0.5) is 32.2 Å². The molecule has 1 unspecified atom stereocenters. The third-order valence-corrected chi connectivity index (χ3v) is 15.3. The van der Waals surface area contributed by atoms with Gasteiger partial charge in [0.05, 0.1) is 80.5 Å². The number of hydrogen-bond acceptors (Lipinski definition) is 26. The Morgan fingerprint density at radius 2 is 1.04 bits per heavy atom. The maximum atomic E-state index is 13.2. The number of piperidine rings is 2. The van der Waals surface area contributed by atoms with E-state index in [0.29, 0.717) is 111 Å². The fourth-order valence-electron chi connectivity index (χ4n) is 9.65. The molecule has 0 saturated carbocycles. The molecule has 11 rings (SSSR count). The maximum Gasteiger partial charge on any atom is 1.00 e. The van der Waals surface area contributed by atoms with Crippen LogP contribution in [0.5, 0.6) is 11.5 Å². The van der Waals surface area contributed by atoms with Crippen molar-refractivity contribution in [1.29, 1.82) is 16.3 Å². The molecule has 2 aliphatic heterocycles. The van der Waals surface area contributed by atoms with Gasteiger partial charge in [-0.1, -0.05) is 67.9 Å². The van der Waals surface area contributed by atoms with Crippen LogP contribution in [0.25, 0.3) is 27.4 Å². The van der Waals surface area contributed by atoms with Crippen molar-refractivity contribution in [2.45, 2.75) is 136 Å². The summed E-state index contributed by atoms with van der Waals surface area (Å²) in [5.74, 6) is -2.01. The number of rotatable bonds is 19. The van der Waals surface area contributed by atoms with Gasteiger partial charge in [-0.05, 0) is 118 Å². The summed E-state index contributed by atoms with van der Waals surface area (Å²) in [6.07, 6.45) is 15.7. The zero-order valence-corrected chi connectivity index (χ0v) is 61.1. The first-order valence-electron chi connectivity index (χ1n) is 32.1. The number of carboxylic acids is 1. The summed E-state index contributed by atoms with van der Waals surface area (Å²) in [6.45, 7) is 15.4. The minimum Gasteiger partial charge on any atom is -0.870 e. The quantitative estimate of drug-likeness (QED) is 0.00582. The smallest absolute Gasteiger partial charge is 0.870 e. The van der Waals surface area contributed by atoms with E-state index in [4.69, 9.17) is 46.9 Å². The topological polar surface area (TPSA) is 491 Å². The molecule has 0 aliphatic carbocycles. The van der Waals surface area contributed by atoms with Crippen molar-refractivity contribution in [2.24, 2.45) is 0 Å². The minimum absolute atomic E-state index is 0. The molecule has 33 nitrogen and oxygen atoms in total. The number of ketones is 1. The average Bonchev–Trinajstić information content (AvgIpc) is 1.65. The fourth-order valence-corrected chi connectivity index (χ4v) is 10.1. The first-order valence-corrected chi connectivity index (χ1v) is 33.0. The SMILES string of the molecule is CCOC(=O)C(Br)C(=O)CC.CCOC(=O)c1c(CC)nc2cnccn12.CCc1nc2cnccn2c1C(=O)N1CCC(OCc2ccc(OC(F)(F)F)cc2)CC1.CCc1nc2cnccn2c1C(=O)O.FC(F)(F)Oc1ccc(COC2CCNCC2)cc1.N.N#N.Nc1cnccn1.[Li+].[N-]=[N+]=N.[OH-]. The van der Waals surface area contributed by atoms with E-state index in [9.17, 15) is 50.3 Å². The van der Waals surface area contributed by atoms with Gasteiger partial charge in [-0.15, -0.1) is 31.9 Å². The Morgan fingerprint density at radius 3 is 1.40 bits per heavy atom. The summed E-state index contributed by atoms with van der Waals surface area (Å²) in [5, 5.41) is 24.2. The number of aryl methyl sites for hydroxylation is 3. The third kappa shape index (κ3) is 31.6. The summed E-state index contributed by atoms with van der Waals surface area (Å²) in [7, 11) is 0. The van der Waals surface area contributed by atoms with Gasteiger partial charge < -0.3 is 61.1 Å². The molecule has 1 amide bonds. The number of carboxylic acid groups (broad SMARTS) is 1. The van der Waals surface area contributed by atoms with E-state index in [1.807, 2.05) is 25.7 Å². The zero-order chi connectivity index (χ0) is 76.8. The Morgan fingerprint density at radius 1 is 0.645 bits per heavy atom. The number of aromatic carboxylic acids is 1. The number of likely N-dealkylation sites (tertiary alicyclic amines) is 1. The number of aromatic nitrogens is 11. The number of halogens is 7. The second-order valence-corrected chi connectivity index (χ2v) is 22.2. The van der Waals surface area contributed by atoms with Gasteiger partial charge in [0.2, 0.25) is 0 Å². The van der Waals surface area contributed by atoms with Gasteiger partial charge in [0.15, 0.2) is 38.9 Å². The summed E-state index contributed by atoms with van der Waals surface area (Å²) in [6, 6.07) is 11.4. The van der Waals surface area contributed by atoms with Crippen LogP contribution in [0.3, 0.4) is 0 Å². The molecule has 2 fully saturated rings. The van der Waals surface area contributed by atoms with E-state index in [1.165, 1.54) is 34.9 Å². The molecule has 9 N–H and O–H groups in total. The summed E-state index contributed by atoms with van der Waals surface area (Å²) >= 11 is 2.95. The fraction of sp³-hybridized carbons (Fsp3) is 0.409. The molecule has 107 heavy (non-hydrogen) atoms. The molecule has 0 spiro atoms. The van der Waals surface area contributed by atoms with Crippen LogP contribution in [-0.4, -0.2) is 167 Å². The number of anilines is 1. The van der Waals surface area contributed by atoms with Crippen molar-refractivity contribution in [3.05, 3.63) is 179 Å². The van der Waals surface area contributed by atoms with Gasteiger partial charge >= 0.3 is 49.5 Å².